The first-order valence-electron chi connectivity index (χ1n) is 7.70. The number of aromatic nitrogens is 1. The van der Waals surface area contributed by atoms with Crippen LogP contribution in [0.1, 0.15) is 71.1 Å². The summed E-state index contributed by atoms with van der Waals surface area (Å²) >= 11 is 0. The van der Waals surface area contributed by atoms with Crippen LogP contribution in [-0.4, -0.2) is 39.5 Å². The van der Waals surface area contributed by atoms with Crippen molar-refractivity contribution in [1.82, 2.24) is 9.88 Å². The summed E-state index contributed by atoms with van der Waals surface area (Å²) in [7, 11) is 0. The summed E-state index contributed by atoms with van der Waals surface area (Å²) in [4.78, 5) is 28.9. The van der Waals surface area contributed by atoms with Gasteiger partial charge in [0.15, 0.2) is 0 Å². The third-order valence-electron chi connectivity index (χ3n) is 4.47. The Kier molecular flexibility index (Phi) is 4.70. The average molecular weight is 292 g/mol. The maximum atomic E-state index is 12.9. The Morgan fingerprint density at radius 1 is 1.29 bits per heavy atom. The van der Waals surface area contributed by atoms with Gasteiger partial charge in [-0.1, -0.05) is 19.8 Å². The topological polar surface area (TPSA) is 73.4 Å². The van der Waals surface area contributed by atoms with Crippen LogP contribution in [0.3, 0.4) is 0 Å². The van der Waals surface area contributed by atoms with Crippen LogP contribution in [0, 0.1) is 13.8 Å². The molecule has 1 aromatic rings. The van der Waals surface area contributed by atoms with E-state index < -0.39 is 5.97 Å². The van der Waals surface area contributed by atoms with Crippen molar-refractivity contribution in [1.29, 1.82) is 0 Å². The number of carboxylic acids is 1. The van der Waals surface area contributed by atoms with Gasteiger partial charge >= 0.3 is 5.97 Å². The molecule has 116 valence electrons. The lowest BCUT2D eigenvalue weighted by atomic mass is 10.0. The van der Waals surface area contributed by atoms with Crippen LogP contribution in [0.5, 0.6) is 0 Å². The largest absolute Gasteiger partial charge is 0.477 e. The minimum atomic E-state index is -1.02. The highest BCUT2D eigenvalue weighted by molar-refractivity contribution is 6.01. The molecule has 1 fully saturated rings. The van der Waals surface area contributed by atoms with E-state index in [1.165, 1.54) is 0 Å². The summed E-state index contributed by atoms with van der Waals surface area (Å²) in [6.45, 7) is 6.35. The van der Waals surface area contributed by atoms with Crippen LogP contribution in [0.4, 0.5) is 0 Å². The highest BCUT2D eigenvalue weighted by Gasteiger charge is 2.29. The van der Waals surface area contributed by atoms with E-state index in [4.69, 9.17) is 0 Å². The van der Waals surface area contributed by atoms with Crippen molar-refractivity contribution in [2.75, 3.05) is 6.54 Å². The molecule has 21 heavy (non-hydrogen) atoms. The first kappa shape index (κ1) is 15.6. The number of aromatic amines is 1. The zero-order valence-corrected chi connectivity index (χ0v) is 13.0. The third-order valence-corrected chi connectivity index (χ3v) is 4.47. The molecule has 1 aromatic heterocycles. The van der Waals surface area contributed by atoms with Crippen LogP contribution in [0.25, 0.3) is 0 Å². The predicted molar refractivity (Wildman–Crippen MR) is 80.8 cm³/mol. The predicted octanol–water partition coefficient (Wildman–Crippen LogP) is 3.12. The molecule has 0 spiro atoms. The molecular formula is C16H24N2O3. The van der Waals surface area contributed by atoms with Crippen LogP contribution in [0.15, 0.2) is 0 Å². The summed E-state index contributed by atoms with van der Waals surface area (Å²) in [5.41, 5.74) is 1.85. The maximum absolute atomic E-state index is 12.9. The first-order chi connectivity index (χ1) is 9.97. The van der Waals surface area contributed by atoms with E-state index in [0.717, 1.165) is 38.6 Å². The molecular weight excluding hydrogens is 268 g/mol. The smallest absolute Gasteiger partial charge is 0.352 e. The molecule has 0 radical (unpaired) electrons. The fraction of sp³-hybridized carbons (Fsp3) is 0.625. The average Bonchev–Trinajstić information content (AvgIpc) is 2.64. The van der Waals surface area contributed by atoms with Crippen molar-refractivity contribution in [3.05, 3.63) is 22.5 Å². The second kappa shape index (κ2) is 6.33. The van der Waals surface area contributed by atoms with Crippen molar-refractivity contribution in [3.63, 3.8) is 0 Å². The van der Waals surface area contributed by atoms with Crippen LogP contribution in [-0.2, 0) is 0 Å². The lowest BCUT2D eigenvalue weighted by Crippen LogP contribution is -2.40. The Hall–Kier alpha value is -1.78. The normalized spacial score (nSPS) is 19.4. The number of likely N-dealkylation sites (tertiary alicyclic amines) is 1. The minimum Gasteiger partial charge on any atom is -0.477 e. The number of hydrogen-bond donors (Lipinski definition) is 2. The molecule has 0 aliphatic carbocycles. The van der Waals surface area contributed by atoms with E-state index in [1.54, 1.807) is 13.8 Å². The van der Waals surface area contributed by atoms with Crippen molar-refractivity contribution < 1.29 is 14.7 Å². The quantitative estimate of drug-likeness (QED) is 0.899. The fourth-order valence-corrected chi connectivity index (χ4v) is 3.30. The van der Waals surface area contributed by atoms with Crippen molar-refractivity contribution in [2.45, 2.75) is 58.9 Å². The summed E-state index contributed by atoms with van der Waals surface area (Å²) in [5.74, 6) is -1.04. The van der Waals surface area contributed by atoms with Gasteiger partial charge in [-0.3, -0.25) is 4.79 Å². The lowest BCUT2D eigenvalue weighted by molar-refractivity contribution is 0.0676. The molecule has 1 atom stereocenters. The Bertz CT molecular complexity index is 548. The number of H-pyrrole nitrogens is 1. The van der Waals surface area contributed by atoms with E-state index in [2.05, 4.69) is 11.9 Å². The molecule has 2 rings (SSSR count). The summed E-state index contributed by atoms with van der Waals surface area (Å²) in [5, 5.41) is 9.18. The molecule has 2 heterocycles. The minimum absolute atomic E-state index is 0.0255. The second-order valence-corrected chi connectivity index (χ2v) is 5.84. The number of hydrogen-bond acceptors (Lipinski definition) is 2. The van der Waals surface area contributed by atoms with Gasteiger partial charge in [0.05, 0.1) is 5.56 Å². The zero-order chi connectivity index (χ0) is 15.6. The van der Waals surface area contributed by atoms with E-state index in [0.29, 0.717) is 16.8 Å². The van der Waals surface area contributed by atoms with Gasteiger partial charge in [-0.25, -0.2) is 4.79 Å². The van der Waals surface area contributed by atoms with Gasteiger partial charge in [0.1, 0.15) is 5.69 Å². The Labute approximate surface area is 125 Å². The molecule has 0 bridgehead atoms. The molecule has 1 saturated heterocycles. The molecule has 1 aliphatic heterocycles. The summed E-state index contributed by atoms with van der Waals surface area (Å²) < 4.78 is 0. The molecule has 5 heteroatoms. The van der Waals surface area contributed by atoms with Crippen LogP contribution >= 0.6 is 0 Å². The fourth-order valence-electron chi connectivity index (χ4n) is 3.30. The van der Waals surface area contributed by atoms with Gasteiger partial charge in [0, 0.05) is 18.3 Å². The number of amides is 1. The van der Waals surface area contributed by atoms with Crippen LogP contribution < -0.4 is 0 Å². The van der Waals surface area contributed by atoms with Gasteiger partial charge in [-0.2, -0.15) is 0 Å². The van der Waals surface area contributed by atoms with Gasteiger partial charge in [0.2, 0.25) is 0 Å². The molecule has 1 amide bonds. The van der Waals surface area contributed by atoms with Gasteiger partial charge in [0.25, 0.3) is 5.91 Å². The van der Waals surface area contributed by atoms with Crippen LogP contribution in [0.2, 0.25) is 0 Å². The number of carbonyl (C=O) groups is 2. The Morgan fingerprint density at radius 3 is 2.57 bits per heavy atom. The number of aryl methyl sites for hydroxylation is 1. The van der Waals surface area contributed by atoms with Gasteiger partial charge in [-0.05, 0) is 38.7 Å². The zero-order valence-electron chi connectivity index (χ0n) is 13.0. The third kappa shape index (κ3) is 2.96. The highest BCUT2D eigenvalue weighted by Crippen LogP contribution is 2.25. The summed E-state index contributed by atoms with van der Waals surface area (Å²) in [6, 6.07) is 0.266. The van der Waals surface area contributed by atoms with E-state index in [9.17, 15) is 14.7 Å². The van der Waals surface area contributed by atoms with E-state index in [1.807, 2.05) is 4.90 Å². The van der Waals surface area contributed by atoms with E-state index >= 15 is 0 Å². The number of nitrogens with zero attached hydrogens (tertiary/aromatic N) is 1. The van der Waals surface area contributed by atoms with Crippen molar-refractivity contribution >= 4 is 11.9 Å². The lowest BCUT2D eigenvalue weighted by Gasteiger charge is -2.29. The van der Waals surface area contributed by atoms with Gasteiger partial charge < -0.3 is 15.0 Å². The molecule has 2 N–H and O–H groups in total. The Balaban J connectivity index is 2.36. The number of rotatable bonds is 3. The molecule has 0 saturated carbocycles. The van der Waals surface area contributed by atoms with Crippen molar-refractivity contribution in [2.24, 2.45) is 0 Å². The number of carboxylic acid groups (broad SMARTS) is 1. The summed E-state index contributed by atoms with van der Waals surface area (Å²) in [6.07, 6.45) is 5.33. The number of carbonyl (C=O) groups excluding carboxylic acids is 1. The highest BCUT2D eigenvalue weighted by atomic mass is 16.4. The SMILES string of the molecule is CCC1CCCCCN1C(=O)c1c(C)[nH]c(C(=O)O)c1C. The molecule has 1 aliphatic rings. The molecule has 5 nitrogen and oxygen atoms in total. The van der Waals surface area contributed by atoms with Crippen molar-refractivity contribution in [3.8, 4) is 0 Å². The monoisotopic (exact) mass is 292 g/mol. The molecule has 0 aromatic carbocycles. The maximum Gasteiger partial charge on any atom is 0.352 e. The van der Waals surface area contributed by atoms with E-state index in [-0.39, 0.29) is 17.6 Å². The first-order valence-corrected chi connectivity index (χ1v) is 7.70. The Morgan fingerprint density at radius 2 is 2.00 bits per heavy atom. The number of nitrogens with one attached hydrogen (secondary N) is 1. The van der Waals surface area contributed by atoms with Gasteiger partial charge in [-0.15, -0.1) is 0 Å². The second-order valence-electron chi connectivity index (χ2n) is 5.84. The standard InChI is InChI=1S/C16H24N2O3/c1-4-12-8-6-5-7-9-18(12)15(19)13-10(2)14(16(20)21)17-11(13)3/h12,17H,4-9H2,1-3H3,(H,20,21). The number of aromatic carboxylic acids is 1. The molecule has 1 unspecified atom stereocenters.